The fraction of sp³-hybridized carbons (Fsp3) is 0.300. The van der Waals surface area contributed by atoms with Crippen molar-refractivity contribution >= 4 is 28.9 Å². The molecular weight excluding hydrogens is 366 g/mol. The second kappa shape index (κ2) is 6.87. The number of nitrogens with zero attached hydrogens (tertiary/aromatic N) is 2. The molecule has 2 aliphatic heterocycles. The third kappa shape index (κ3) is 2.85. The number of benzene rings is 2. The largest absolute Gasteiger partial charge is 0.496 e. The Kier molecular flexibility index (Phi) is 4.53. The Morgan fingerprint density at radius 1 is 1.26 bits per heavy atom. The molecule has 7 heteroatoms. The number of oxime groups is 1. The summed E-state index contributed by atoms with van der Waals surface area (Å²) < 4.78 is 5.55. The minimum Gasteiger partial charge on any atom is -0.496 e. The van der Waals surface area contributed by atoms with Crippen LogP contribution < -0.4 is 10.1 Å². The molecule has 140 valence electrons. The lowest BCUT2D eigenvalue weighted by atomic mass is 9.86. The van der Waals surface area contributed by atoms with Crippen LogP contribution in [0.3, 0.4) is 0 Å². The van der Waals surface area contributed by atoms with E-state index in [2.05, 4.69) is 22.3 Å². The lowest BCUT2D eigenvalue weighted by Crippen LogP contribution is -2.31. The SMILES string of the molecule is CCN1CCc2c(-c3cc(Cl)ccc3OC)cc3c(c2C1)NC(=O)/C3=N/O. The van der Waals surface area contributed by atoms with Gasteiger partial charge in [0.05, 0.1) is 12.8 Å². The Balaban J connectivity index is 2.01. The van der Waals surface area contributed by atoms with Gasteiger partial charge in [-0.2, -0.15) is 0 Å². The smallest absolute Gasteiger partial charge is 0.278 e. The van der Waals surface area contributed by atoms with Gasteiger partial charge in [-0.1, -0.05) is 23.7 Å². The lowest BCUT2D eigenvalue weighted by Gasteiger charge is -2.31. The summed E-state index contributed by atoms with van der Waals surface area (Å²) in [5, 5.41) is 16.1. The van der Waals surface area contributed by atoms with E-state index in [1.54, 1.807) is 13.2 Å². The number of carbonyl (C=O) groups excluding carboxylic acids is 1. The molecule has 0 unspecified atom stereocenters. The molecule has 2 heterocycles. The van der Waals surface area contributed by atoms with Gasteiger partial charge in [-0.15, -0.1) is 0 Å². The Morgan fingerprint density at radius 2 is 2.07 bits per heavy atom. The van der Waals surface area contributed by atoms with Crippen LogP contribution in [0.15, 0.2) is 29.4 Å². The predicted octanol–water partition coefficient (Wildman–Crippen LogP) is 3.52. The van der Waals surface area contributed by atoms with E-state index in [0.717, 1.165) is 48.4 Å². The number of hydrogen-bond acceptors (Lipinski definition) is 5. The number of methoxy groups -OCH3 is 1. The average Bonchev–Trinajstić information content (AvgIpc) is 3.02. The van der Waals surface area contributed by atoms with Crippen molar-refractivity contribution in [1.29, 1.82) is 0 Å². The van der Waals surface area contributed by atoms with Crippen LogP contribution in [0.5, 0.6) is 5.75 Å². The number of rotatable bonds is 3. The average molecular weight is 386 g/mol. The monoisotopic (exact) mass is 385 g/mol. The highest BCUT2D eigenvalue weighted by molar-refractivity contribution is 6.54. The van der Waals surface area contributed by atoms with Crippen molar-refractivity contribution in [2.24, 2.45) is 5.16 Å². The van der Waals surface area contributed by atoms with E-state index in [-0.39, 0.29) is 5.71 Å². The van der Waals surface area contributed by atoms with Crippen LogP contribution >= 0.6 is 11.6 Å². The van der Waals surface area contributed by atoms with Crippen LogP contribution in [-0.4, -0.2) is 41.9 Å². The first-order valence-corrected chi connectivity index (χ1v) is 9.24. The molecule has 0 saturated carbocycles. The molecule has 6 nitrogen and oxygen atoms in total. The maximum absolute atomic E-state index is 12.3. The van der Waals surface area contributed by atoms with Gasteiger partial charge in [0.15, 0.2) is 5.71 Å². The minimum absolute atomic E-state index is 0.0312. The van der Waals surface area contributed by atoms with E-state index in [9.17, 15) is 10.0 Å². The fourth-order valence-corrected chi connectivity index (χ4v) is 4.11. The standard InChI is InChI=1S/C20H20ClN3O3/c1-3-24-7-6-12-13(14-8-11(21)4-5-17(14)27-2)9-15-18(16(12)10-24)22-20(25)19(15)23-26/h4-5,8-9,26H,3,6-7,10H2,1-2H3,(H,22,23,25). The Hall–Kier alpha value is -2.57. The van der Waals surface area contributed by atoms with Crippen molar-refractivity contribution in [1.82, 2.24) is 4.90 Å². The van der Waals surface area contributed by atoms with Crippen molar-refractivity contribution in [3.8, 4) is 16.9 Å². The van der Waals surface area contributed by atoms with Gasteiger partial charge >= 0.3 is 0 Å². The number of hydrogen-bond donors (Lipinski definition) is 2. The normalized spacial score (nSPS) is 17.6. The Labute approximate surface area is 162 Å². The van der Waals surface area contributed by atoms with Crippen LogP contribution in [0.1, 0.15) is 23.6 Å². The number of ether oxygens (including phenoxy) is 1. The third-order valence-corrected chi connectivity index (χ3v) is 5.55. The van der Waals surface area contributed by atoms with E-state index >= 15 is 0 Å². The van der Waals surface area contributed by atoms with E-state index in [4.69, 9.17) is 16.3 Å². The van der Waals surface area contributed by atoms with Gasteiger partial charge in [0.2, 0.25) is 0 Å². The number of anilines is 1. The molecule has 0 bridgehead atoms. The summed E-state index contributed by atoms with van der Waals surface area (Å²) >= 11 is 6.25. The maximum Gasteiger partial charge on any atom is 0.278 e. The summed E-state index contributed by atoms with van der Waals surface area (Å²) in [7, 11) is 1.62. The Bertz CT molecular complexity index is 971. The molecule has 4 rings (SSSR count). The van der Waals surface area contributed by atoms with Gasteiger partial charge in [-0.05, 0) is 53.9 Å². The highest BCUT2D eigenvalue weighted by Crippen LogP contribution is 2.43. The topological polar surface area (TPSA) is 74.2 Å². The van der Waals surface area contributed by atoms with Gasteiger partial charge in [0.1, 0.15) is 5.75 Å². The first-order valence-electron chi connectivity index (χ1n) is 8.86. The van der Waals surface area contributed by atoms with Crippen LogP contribution in [0.2, 0.25) is 5.02 Å². The van der Waals surface area contributed by atoms with Gasteiger partial charge < -0.3 is 15.3 Å². The first-order chi connectivity index (χ1) is 13.1. The summed E-state index contributed by atoms with van der Waals surface area (Å²) in [6.45, 7) is 4.71. The van der Waals surface area contributed by atoms with Gasteiger partial charge in [0.25, 0.3) is 5.91 Å². The van der Waals surface area contributed by atoms with Crippen LogP contribution in [0.25, 0.3) is 11.1 Å². The molecule has 0 radical (unpaired) electrons. The van der Waals surface area contributed by atoms with E-state index in [0.29, 0.717) is 16.3 Å². The number of nitrogens with one attached hydrogen (secondary N) is 1. The van der Waals surface area contributed by atoms with Crippen molar-refractivity contribution in [3.05, 3.63) is 46.0 Å². The molecule has 0 aliphatic carbocycles. The Morgan fingerprint density at radius 3 is 2.78 bits per heavy atom. The molecule has 1 amide bonds. The zero-order valence-corrected chi connectivity index (χ0v) is 15.9. The summed E-state index contributed by atoms with van der Waals surface area (Å²) in [6, 6.07) is 7.39. The van der Waals surface area contributed by atoms with E-state index in [1.165, 1.54) is 5.56 Å². The van der Waals surface area contributed by atoms with Gasteiger partial charge in [-0.25, -0.2) is 0 Å². The zero-order chi connectivity index (χ0) is 19.1. The summed E-state index contributed by atoms with van der Waals surface area (Å²) in [6.07, 6.45) is 0.850. The number of halogens is 1. The quantitative estimate of drug-likeness (QED) is 0.626. The molecule has 0 spiro atoms. The van der Waals surface area contributed by atoms with E-state index in [1.807, 2.05) is 18.2 Å². The van der Waals surface area contributed by atoms with Gasteiger partial charge in [-0.3, -0.25) is 9.69 Å². The van der Waals surface area contributed by atoms with Crippen molar-refractivity contribution in [3.63, 3.8) is 0 Å². The summed E-state index contributed by atoms with van der Waals surface area (Å²) in [5.74, 6) is 0.317. The lowest BCUT2D eigenvalue weighted by molar-refractivity contribution is -0.110. The second-order valence-corrected chi connectivity index (χ2v) is 7.11. The van der Waals surface area contributed by atoms with E-state index < -0.39 is 5.91 Å². The number of carbonyl (C=O) groups is 1. The first kappa shape index (κ1) is 17.8. The molecule has 2 aliphatic rings. The number of amides is 1. The zero-order valence-electron chi connectivity index (χ0n) is 15.2. The van der Waals surface area contributed by atoms with Gasteiger partial charge in [0, 0.05) is 29.2 Å². The molecule has 2 aromatic rings. The maximum atomic E-state index is 12.3. The molecule has 0 fully saturated rings. The van der Waals surface area contributed by atoms with Crippen LogP contribution in [0.4, 0.5) is 5.69 Å². The highest BCUT2D eigenvalue weighted by atomic mass is 35.5. The molecule has 0 saturated heterocycles. The van der Waals surface area contributed by atoms with Crippen LogP contribution in [0, 0.1) is 0 Å². The molecule has 0 atom stereocenters. The molecule has 2 aromatic carbocycles. The predicted molar refractivity (Wildman–Crippen MR) is 105 cm³/mol. The minimum atomic E-state index is -0.390. The van der Waals surface area contributed by atoms with Crippen molar-refractivity contribution in [2.75, 3.05) is 25.5 Å². The van der Waals surface area contributed by atoms with Crippen molar-refractivity contribution in [2.45, 2.75) is 19.9 Å². The van der Waals surface area contributed by atoms with Crippen LogP contribution in [-0.2, 0) is 17.8 Å². The molecular formula is C20H20ClN3O3. The fourth-order valence-electron chi connectivity index (χ4n) is 3.94. The van der Waals surface area contributed by atoms with Crippen molar-refractivity contribution < 1.29 is 14.7 Å². The number of fused-ring (bicyclic) bond motifs is 3. The highest BCUT2D eigenvalue weighted by Gasteiger charge is 2.34. The second-order valence-electron chi connectivity index (χ2n) is 6.67. The summed E-state index contributed by atoms with van der Waals surface area (Å²) in [5.41, 5.74) is 5.43. The third-order valence-electron chi connectivity index (χ3n) is 5.32. The molecule has 27 heavy (non-hydrogen) atoms. The number of likely N-dealkylation sites (N-methyl/N-ethyl adjacent to an activating group) is 1. The summed E-state index contributed by atoms with van der Waals surface area (Å²) in [4.78, 5) is 14.6. The molecule has 2 N–H and O–H groups in total. The molecule has 0 aromatic heterocycles.